The predicted molar refractivity (Wildman–Crippen MR) is 48.1 cm³/mol. The maximum atomic E-state index is 11.2. The van der Waals surface area contributed by atoms with Crippen LogP contribution in [0.5, 0.6) is 0 Å². The number of rotatable bonds is 1. The van der Waals surface area contributed by atoms with Gasteiger partial charge in [-0.05, 0) is 19.3 Å². The van der Waals surface area contributed by atoms with Crippen LogP contribution >= 0.6 is 0 Å². The quantitative estimate of drug-likeness (QED) is 0.591. The number of amides is 1. The highest BCUT2D eigenvalue weighted by molar-refractivity contribution is 5.77. The lowest BCUT2D eigenvalue weighted by Crippen LogP contribution is -2.57. The number of carbonyl (C=O) groups is 1. The van der Waals surface area contributed by atoms with Crippen molar-refractivity contribution < 1.29 is 9.53 Å². The summed E-state index contributed by atoms with van der Waals surface area (Å²) in [6.45, 7) is 0.809. The normalized spacial score (nSPS) is 40.4. The third-order valence-corrected chi connectivity index (χ3v) is 2.86. The van der Waals surface area contributed by atoms with Gasteiger partial charge in [-0.15, -0.1) is 0 Å². The van der Waals surface area contributed by atoms with Crippen LogP contribution in [0.1, 0.15) is 25.7 Å². The molecule has 4 heteroatoms. The SMILES string of the molecule is N[C@@H]1CCC(=O)N[C@@H]1[C@H]1CCCO1. The number of hydrogen-bond donors (Lipinski definition) is 2. The number of nitrogens with two attached hydrogens (primary N) is 1. The predicted octanol–water partition coefficient (Wildman–Crippen LogP) is -0.229. The minimum Gasteiger partial charge on any atom is -0.376 e. The molecule has 0 aromatic heterocycles. The highest BCUT2D eigenvalue weighted by atomic mass is 16.5. The average molecular weight is 184 g/mol. The topological polar surface area (TPSA) is 64.4 Å². The molecule has 0 aliphatic carbocycles. The smallest absolute Gasteiger partial charge is 0.220 e. The average Bonchev–Trinajstić information content (AvgIpc) is 2.61. The molecule has 0 aromatic carbocycles. The van der Waals surface area contributed by atoms with E-state index in [1.807, 2.05) is 0 Å². The zero-order valence-electron chi connectivity index (χ0n) is 7.66. The lowest BCUT2D eigenvalue weighted by Gasteiger charge is -2.33. The Kier molecular flexibility index (Phi) is 2.51. The van der Waals surface area contributed by atoms with Crippen molar-refractivity contribution in [2.75, 3.05) is 6.61 Å². The fourth-order valence-corrected chi connectivity index (χ4v) is 2.10. The summed E-state index contributed by atoms with van der Waals surface area (Å²) >= 11 is 0. The second kappa shape index (κ2) is 3.64. The van der Waals surface area contributed by atoms with Crippen LogP contribution in [-0.2, 0) is 9.53 Å². The molecule has 0 spiro atoms. The van der Waals surface area contributed by atoms with E-state index in [9.17, 15) is 4.79 Å². The number of piperidine rings is 1. The van der Waals surface area contributed by atoms with E-state index in [2.05, 4.69) is 5.32 Å². The van der Waals surface area contributed by atoms with Crippen LogP contribution in [-0.4, -0.2) is 30.7 Å². The second-order valence-corrected chi connectivity index (χ2v) is 3.85. The number of ether oxygens (including phenoxy) is 1. The van der Waals surface area contributed by atoms with E-state index in [1.54, 1.807) is 0 Å². The Morgan fingerprint density at radius 2 is 2.31 bits per heavy atom. The summed E-state index contributed by atoms with van der Waals surface area (Å²) in [5.41, 5.74) is 5.93. The Hall–Kier alpha value is -0.610. The van der Waals surface area contributed by atoms with Gasteiger partial charge in [0.05, 0.1) is 12.1 Å². The Balaban J connectivity index is 1.98. The Labute approximate surface area is 77.8 Å². The van der Waals surface area contributed by atoms with Gasteiger partial charge in [-0.3, -0.25) is 4.79 Å². The molecular formula is C9H16N2O2. The molecule has 2 aliphatic rings. The Morgan fingerprint density at radius 1 is 1.46 bits per heavy atom. The first-order valence-corrected chi connectivity index (χ1v) is 4.94. The van der Waals surface area contributed by atoms with Crippen LogP contribution in [0.3, 0.4) is 0 Å². The van der Waals surface area contributed by atoms with Crippen LogP contribution in [0, 0.1) is 0 Å². The van der Waals surface area contributed by atoms with Crippen LogP contribution in [0.4, 0.5) is 0 Å². The van der Waals surface area contributed by atoms with Gasteiger partial charge in [0, 0.05) is 19.1 Å². The molecule has 2 rings (SSSR count). The molecule has 0 unspecified atom stereocenters. The fraction of sp³-hybridized carbons (Fsp3) is 0.889. The highest BCUT2D eigenvalue weighted by Crippen LogP contribution is 2.21. The van der Waals surface area contributed by atoms with Crippen LogP contribution in [0.2, 0.25) is 0 Å². The largest absolute Gasteiger partial charge is 0.376 e. The summed E-state index contributed by atoms with van der Waals surface area (Å²) in [5.74, 6) is 0.113. The zero-order valence-corrected chi connectivity index (χ0v) is 7.66. The van der Waals surface area contributed by atoms with Crippen molar-refractivity contribution in [1.82, 2.24) is 5.32 Å². The molecule has 1 amide bonds. The summed E-state index contributed by atoms with van der Waals surface area (Å²) in [6, 6.07) is 0.115. The first-order chi connectivity index (χ1) is 6.27. The first-order valence-electron chi connectivity index (χ1n) is 4.94. The van der Waals surface area contributed by atoms with Crippen LogP contribution in [0.15, 0.2) is 0 Å². The van der Waals surface area contributed by atoms with Crippen LogP contribution < -0.4 is 11.1 Å². The molecule has 4 nitrogen and oxygen atoms in total. The first kappa shape index (κ1) is 8.97. The van der Waals surface area contributed by atoms with Crippen molar-refractivity contribution in [2.45, 2.75) is 43.9 Å². The number of hydrogen-bond acceptors (Lipinski definition) is 3. The molecule has 3 atom stereocenters. The molecule has 13 heavy (non-hydrogen) atoms. The number of carbonyl (C=O) groups excluding carboxylic acids is 1. The van der Waals surface area contributed by atoms with Gasteiger partial charge in [0.15, 0.2) is 0 Å². The summed E-state index contributed by atoms with van der Waals surface area (Å²) in [7, 11) is 0. The minimum absolute atomic E-state index is 0.0451. The van der Waals surface area contributed by atoms with Gasteiger partial charge in [-0.25, -0.2) is 0 Å². The van der Waals surface area contributed by atoms with Gasteiger partial charge in [0.1, 0.15) is 0 Å². The van der Waals surface area contributed by atoms with Gasteiger partial charge >= 0.3 is 0 Å². The fourth-order valence-electron chi connectivity index (χ4n) is 2.10. The summed E-state index contributed by atoms with van der Waals surface area (Å²) in [6.07, 6.45) is 3.61. The van der Waals surface area contributed by atoms with Gasteiger partial charge in [0.25, 0.3) is 0 Å². The van der Waals surface area contributed by atoms with Gasteiger partial charge < -0.3 is 15.8 Å². The van der Waals surface area contributed by atoms with Crippen molar-refractivity contribution in [1.29, 1.82) is 0 Å². The van der Waals surface area contributed by atoms with E-state index < -0.39 is 0 Å². The lowest BCUT2D eigenvalue weighted by molar-refractivity contribution is -0.125. The minimum atomic E-state index is 0.0451. The molecular weight excluding hydrogens is 168 g/mol. The molecule has 0 bridgehead atoms. The molecule has 74 valence electrons. The van der Waals surface area contributed by atoms with Crippen molar-refractivity contribution >= 4 is 5.91 Å². The zero-order chi connectivity index (χ0) is 9.26. The van der Waals surface area contributed by atoms with Gasteiger partial charge in [0.2, 0.25) is 5.91 Å². The highest BCUT2D eigenvalue weighted by Gasteiger charge is 2.34. The van der Waals surface area contributed by atoms with Crippen molar-refractivity contribution in [3.8, 4) is 0 Å². The van der Waals surface area contributed by atoms with Gasteiger partial charge in [-0.1, -0.05) is 0 Å². The van der Waals surface area contributed by atoms with E-state index >= 15 is 0 Å². The van der Waals surface area contributed by atoms with Gasteiger partial charge in [-0.2, -0.15) is 0 Å². The van der Waals surface area contributed by atoms with E-state index in [0.717, 1.165) is 25.9 Å². The third kappa shape index (κ3) is 1.84. The molecule has 0 aromatic rings. The molecule has 2 saturated heterocycles. The standard InChI is InChI=1S/C9H16N2O2/c10-6-3-4-8(12)11-9(6)7-2-1-5-13-7/h6-7,9H,1-5,10H2,(H,11,12)/t6-,7-,9+/m1/s1. The Morgan fingerprint density at radius 3 is 3.00 bits per heavy atom. The van der Waals surface area contributed by atoms with Crippen molar-refractivity contribution in [3.05, 3.63) is 0 Å². The second-order valence-electron chi connectivity index (χ2n) is 3.85. The summed E-state index contributed by atoms with van der Waals surface area (Å²) in [4.78, 5) is 11.2. The van der Waals surface area contributed by atoms with Crippen molar-refractivity contribution in [3.63, 3.8) is 0 Å². The van der Waals surface area contributed by atoms with E-state index in [-0.39, 0.29) is 24.1 Å². The molecule has 0 saturated carbocycles. The van der Waals surface area contributed by atoms with E-state index in [1.165, 1.54) is 0 Å². The lowest BCUT2D eigenvalue weighted by atomic mass is 9.93. The maximum absolute atomic E-state index is 11.2. The monoisotopic (exact) mass is 184 g/mol. The summed E-state index contributed by atoms with van der Waals surface area (Å²) < 4.78 is 5.52. The van der Waals surface area contributed by atoms with E-state index in [0.29, 0.717) is 6.42 Å². The molecule has 2 heterocycles. The maximum Gasteiger partial charge on any atom is 0.220 e. The third-order valence-electron chi connectivity index (χ3n) is 2.86. The number of nitrogens with one attached hydrogen (secondary N) is 1. The summed E-state index contributed by atoms with van der Waals surface area (Å²) in [5, 5.41) is 2.92. The van der Waals surface area contributed by atoms with E-state index in [4.69, 9.17) is 10.5 Å². The molecule has 0 radical (unpaired) electrons. The Bertz CT molecular complexity index is 202. The molecule has 3 N–H and O–H groups in total. The molecule has 2 fully saturated rings. The molecule has 2 aliphatic heterocycles. The van der Waals surface area contributed by atoms with Crippen LogP contribution in [0.25, 0.3) is 0 Å². The van der Waals surface area contributed by atoms with Crippen molar-refractivity contribution in [2.24, 2.45) is 5.73 Å².